The molecule has 1 unspecified atom stereocenters. The Bertz CT molecular complexity index is 1800. The lowest BCUT2D eigenvalue weighted by Crippen LogP contribution is -2.50. The number of benzene rings is 2. The molecule has 224 valence electrons. The first-order valence-electron chi connectivity index (χ1n) is 14.2. The van der Waals surface area contributed by atoms with Gasteiger partial charge in [0.25, 0.3) is 0 Å². The summed E-state index contributed by atoms with van der Waals surface area (Å²) in [4.78, 5) is 19.1. The Morgan fingerprint density at radius 1 is 1.12 bits per heavy atom. The third kappa shape index (κ3) is 4.75. The average Bonchev–Trinajstić information content (AvgIpc) is 3.66. The van der Waals surface area contributed by atoms with E-state index in [1.807, 2.05) is 6.92 Å². The van der Waals surface area contributed by atoms with Crippen LogP contribution in [0.1, 0.15) is 38.2 Å². The van der Waals surface area contributed by atoms with Crippen LogP contribution in [0, 0.1) is 28.8 Å². The van der Waals surface area contributed by atoms with Gasteiger partial charge in [-0.1, -0.05) is 6.07 Å². The van der Waals surface area contributed by atoms with Crippen molar-refractivity contribution in [2.75, 3.05) is 46.2 Å². The van der Waals surface area contributed by atoms with Crippen molar-refractivity contribution in [3.8, 4) is 23.2 Å². The maximum atomic E-state index is 16.6. The fraction of sp³-hybridized carbons (Fsp3) is 0.419. The summed E-state index contributed by atoms with van der Waals surface area (Å²) >= 11 is 0.953. The van der Waals surface area contributed by atoms with Gasteiger partial charge in [0.05, 0.1) is 27.7 Å². The number of fused-ring (bicyclic) bond motifs is 3. The number of ether oxygens (including phenoxy) is 1. The lowest BCUT2D eigenvalue weighted by atomic mass is 9.88. The van der Waals surface area contributed by atoms with Crippen LogP contribution in [-0.4, -0.2) is 79.0 Å². The van der Waals surface area contributed by atoms with E-state index in [1.165, 1.54) is 18.5 Å². The summed E-state index contributed by atoms with van der Waals surface area (Å²) in [5, 5.41) is 10.5. The van der Waals surface area contributed by atoms with Crippen molar-refractivity contribution in [2.24, 2.45) is 4.99 Å². The third-order valence-electron chi connectivity index (χ3n) is 8.57. The highest BCUT2D eigenvalue weighted by molar-refractivity contribution is 7.23. The minimum absolute atomic E-state index is 0.00564. The molecule has 1 atom stereocenters. The largest absolute Gasteiger partial charge is 0.458 e. The summed E-state index contributed by atoms with van der Waals surface area (Å²) in [7, 11) is 6.98. The highest BCUT2D eigenvalue weighted by Crippen LogP contribution is 2.46. The number of hydrogen-bond donors (Lipinski definition) is 0. The molecule has 0 bridgehead atoms. The van der Waals surface area contributed by atoms with E-state index in [1.54, 1.807) is 38.0 Å². The molecule has 4 heterocycles. The molecule has 8 nitrogen and oxygen atoms in total. The van der Waals surface area contributed by atoms with Crippen molar-refractivity contribution in [3.05, 3.63) is 41.2 Å². The average molecular weight is 608 g/mol. The third-order valence-corrected chi connectivity index (χ3v) is 9.68. The molecule has 2 aliphatic heterocycles. The van der Waals surface area contributed by atoms with Gasteiger partial charge in [-0.25, -0.2) is 18.2 Å². The Labute approximate surface area is 252 Å². The Kier molecular flexibility index (Phi) is 7.42. The summed E-state index contributed by atoms with van der Waals surface area (Å²) in [5.41, 5.74) is -0.560. The van der Waals surface area contributed by atoms with Gasteiger partial charge in [-0.15, -0.1) is 11.3 Å². The van der Waals surface area contributed by atoms with Crippen molar-refractivity contribution < 1.29 is 17.9 Å². The second-order valence-electron chi connectivity index (χ2n) is 11.6. The zero-order chi connectivity index (χ0) is 30.6. The van der Waals surface area contributed by atoms with E-state index in [2.05, 4.69) is 25.9 Å². The fourth-order valence-electron chi connectivity index (χ4n) is 6.61. The topological polar surface area (TPSA) is 80.9 Å². The van der Waals surface area contributed by atoms with E-state index in [-0.39, 0.29) is 54.8 Å². The molecule has 12 heteroatoms. The number of aromatic nitrogens is 2. The molecule has 0 radical (unpaired) electrons. The number of anilines is 1. The number of halogens is 3. The summed E-state index contributed by atoms with van der Waals surface area (Å²) in [6, 6.07) is 5.69. The van der Waals surface area contributed by atoms with Crippen molar-refractivity contribution in [1.82, 2.24) is 19.8 Å². The zero-order valence-electron chi connectivity index (χ0n) is 24.7. The minimum Gasteiger partial charge on any atom is -0.458 e. The molecule has 43 heavy (non-hydrogen) atoms. The quantitative estimate of drug-likeness (QED) is 0.176. The Morgan fingerprint density at radius 3 is 2.49 bits per heavy atom. The van der Waals surface area contributed by atoms with Crippen molar-refractivity contribution in [2.45, 2.75) is 44.2 Å². The number of nitriles is 1. The van der Waals surface area contributed by atoms with Crippen molar-refractivity contribution >= 4 is 49.5 Å². The molecule has 2 aliphatic rings. The van der Waals surface area contributed by atoms with Gasteiger partial charge in [0, 0.05) is 39.0 Å². The van der Waals surface area contributed by atoms with E-state index in [4.69, 9.17) is 4.74 Å². The van der Waals surface area contributed by atoms with Gasteiger partial charge in [0.15, 0.2) is 5.82 Å². The molecule has 0 saturated carbocycles. The lowest BCUT2D eigenvalue weighted by molar-refractivity contribution is 0.0407. The highest BCUT2D eigenvalue weighted by Gasteiger charge is 2.49. The van der Waals surface area contributed by atoms with Gasteiger partial charge in [0.2, 0.25) is 0 Å². The first kappa shape index (κ1) is 29.1. The first-order valence-corrected chi connectivity index (χ1v) is 15.0. The minimum atomic E-state index is -0.944. The predicted molar refractivity (Wildman–Crippen MR) is 164 cm³/mol. The van der Waals surface area contributed by atoms with Gasteiger partial charge in [0.1, 0.15) is 40.1 Å². The maximum Gasteiger partial charge on any atom is 0.319 e. The molecule has 2 aromatic carbocycles. The monoisotopic (exact) mass is 607 g/mol. The van der Waals surface area contributed by atoms with Gasteiger partial charge in [-0.3, -0.25) is 4.90 Å². The van der Waals surface area contributed by atoms with Crippen LogP contribution in [0.25, 0.3) is 32.1 Å². The first-order chi connectivity index (χ1) is 20.6. The number of nitrogens with zero attached hydrogens (tertiary/aromatic N) is 7. The molecule has 0 aliphatic carbocycles. The highest BCUT2D eigenvalue weighted by atomic mass is 32.1. The van der Waals surface area contributed by atoms with Gasteiger partial charge in [-0.2, -0.15) is 15.2 Å². The second kappa shape index (κ2) is 11.0. The molecule has 2 saturated heterocycles. The van der Waals surface area contributed by atoms with Crippen LogP contribution in [0.15, 0.2) is 23.2 Å². The number of hydrogen-bond acceptors (Lipinski definition) is 8. The number of aliphatic imine (C=N–C) groups is 1. The standard InChI is InChI=1S/C31H32F3N7OS/c1-17(31-10-6-12-41(31)13-7-11-31)42-30-37-26-19(28(38-30)40(4)5)14-22(33)24(25(26)34)18-8-9-21(32)27-23(18)20(15-35)29(43-27)36-16-39(2)3/h8-9,14,16-17H,6-7,10-13H2,1-5H3/b36-16+. The van der Waals surface area contributed by atoms with Crippen molar-refractivity contribution in [1.29, 1.82) is 5.26 Å². The van der Waals surface area contributed by atoms with E-state index in [9.17, 15) is 5.26 Å². The summed E-state index contributed by atoms with van der Waals surface area (Å²) < 4.78 is 54.0. The molecular formula is C31H32F3N7OS. The van der Waals surface area contributed by atoms with Crippen LogP contribution in [0.3, 0.4) is 0 Å². The molecule has 0 amide bonds. The van der Waals surface area contributed by atoms with Crippen molar-refractivity contribution in [3.63, 3.8) is 0 Å². The number of rotatable bonds is 7. The van der Waals surface area contributed by atoms with Crippen LogP contribution in [-0.2, 0) is 0 Å². The number of thiophene rings is 1. The Hall–Kier alpha value is -3.95. The molecule has 2 aromatic heterocycles. The molecule has 0 spiro atoms. The Balaban J connectivity index is 1.53. The smallest absolute Gasteiger partial charge is 0.319 e. The molecular weight excluding hydrogens is 575 g/mol. The Morgan fingerprint density at radius 2 is 1.84 bits per heavy atom. The summed E-state index contributed by atoms with van der Waals surface area (Å²) in [5.74, 6) is -2.13. The van der Waals surface area contributed by atoms with E-state index in [0.29, 0.717) is 5.82 Å². The summed E-state index contributed by atoms with van der Waals surface area (Å²) in [6.07, 6.45) is 5.44. The fourth-order valence-corrected chi connectivity index (χ4v) is 7.64. The summed E-state index contributed by atoms with van der Waals surface area (Å²) in [6.45, 7) is 4.05. The van der Waals surface area contributed by atoms with Gasteiger partial charge < -0.3 is 14.5 Å². The van der Waals surface area contributed by atoms with E-state index >= 15 is 13.2 Å². The zero-order valence-corrected chi connectivity index (χ0v) is 25.5. The van der Waals surface area contributed by atoms with E-state index in [0.717, 1.165) is 56.2 Å². The predicted octanol–water partition coefficient (Wildman–Crippen LogP) is 6.48. The maximum absolute atomic E-state index is 16.6. The van der Waals surface area contributed by atoms with Gasteiger partial charge >= 0.3 is 6.01 Å². The van der Waals surface area contributed by atoms with Crippen LogP contribution in [0.4, 0.5) is 24.0 Å². The normalized spacial score (nSPS) is 17.1. The molecule has 6 rings (SSSR count). The van der Waals surface area contributed by atoms with Crippen LogP contribution < -0.4 is 9.64 Å². The van der Waals surface area contributed by atoms with Crippen LogP contribution >= 0.6 is 11.3 Å². The molecule has 0 N–H and O–H groups in total. The van der Waals surface area contributed by atoms with Crippen LogP contribution in [0.5, 0.6) is 6.01 Å². The lowest BCUT2D eigenvalue weighted by Gasteiger charge is -2.37. The van der Waals surface area contributed by atoms with E-state index < -0.39 is 23.0 Å². The van der Waals surface area contributed by atoms with Crippen LogP contribution in [0.2, 0.25) is 0 Å². The molecule has 2 fully saturated rings. The second-order valence-corrected chi connectivity index (χ2v) is 12.6. The van der Waals surface area contributed by atoms with Gasteiger partial charge in [-0.05, 0) is 63.4 Å². The molecule has 4 aromatic rings. The SMILES string of the molecule is CC(Oc1nc(N(C)C)c2cc(F)c(-c3ccc(F)c4sc(/N=C/N(C)C)c(C#N)c34)c(F)c2n1)C12CCCN1CCC2.